The molecule has 2 rings (SSSR count). The van der Waals surface area contributed by atoms with Crippen LogP contribution in [0.15, 0.2) is 30.3 Å². The molecule has 1 aromatic rings. The molecule has 1 aliphatic carbocycles. The molecule has 0 aliphatic heterocycles. The van der Waals surface area contributed by atoms with Crippen LogP contribution in [0.1, 0.15) is 24.8 Å². The normalized spacial score (nSPS) is 17.6. The van der Waals surface area contributed by atoms with Gasteiger partial charge in [0.1, 0.15) is 0 Å². The van der Waals surface area contributed by atoms with Crippen molar-refractivity contribution in [2.45, 2.75) is 31.2 Å². The molecule has 3 nitrogen and oxygen atoms in total. The summed E-state index contributed by atoms with van der Waals surface area (Å²) in [4.78, 5) is 11.6. The smallest absolute Gasteiger partial charge is 0.224 e. The molecule has 1 amide bonds. The average Bonchev–Trinajstić information content (AvgIpc) is 2.25. The monoisotopic (exact) mass is 218 g/mol. The van der Waals surface area contributed by atoms with Crippen LogP contribution >= 0.6 is 0 Å². The van der Waals surface area contributed by atoms with Gasteiger partial charge in [0.05, 0.1) is 6.42 Å². The molecule has 0 unspecified atom stereocenters. The van der Waals surface area contributed by atoms with Crippen molar-refractivity contribution in [1.82, 2.24) is 5.32 Å². The van der Waals surface area contributed by atoms with Crippen LogP contribution in [-0.4, -0.2) is 18.0 Å². The van der Waals surface area contributed by atoms with E-state index in [-0.39, 0.29) is 11.4 Å². The fourth-order valence-corrected chi connectivity index (χ4v) is 1.93. The molecule has 0 spiro atoms. The number of hydrogen-bond acceptors (Lipinski definition) is 2. The largest absolute Gasteiger partial charge is 0.354 e. The Morgan fingerprint density at radius 3 is 2.56 bits per heavy atom. The number of nitrogens with one attached hydrogen (secondary N) is 1. The summed E-state index contributed by atoms with van der Waals surface area (Å²) in [5.41, 5.74) is 6.94. The van der Waals surface area contributed by atoms with Gasteiger partial charge in [0, 0.05) is 12.1 Å². The van der Waals surface area contributed by atoms with E-state index in [0.717, 1.165) is 18.4 Å². The van der Waals surface area contributed by atoms with Gasteiger partial charge in [-0.2, -0.15) is 0 Å². The van der Waals surface area contributed by atoms with Crippen molar-refractivity contribution in [2.75, 3.05) is 6.54 Å². The summed E-state index contributed by atoms with van der Waals surface area (Å²) >= 11 is 0. The van der Waals surface area contributed by atoms with Crippen LogP contribution < -0.4 is 11.1 Å². The highest BCUT2D eigenvalue weighted by Crippen LogP contribution is 2.27. The van der Waals surface area contributed by atoms with Crippen molar-refractivity contribution in [2.24, 2.45) is 5.73 Å². The molecule has 1 fully saturated rings. The Bertz CT molecular complexity index is 357. The fourth-order valence-electron chi connectivity index (χ4n) is 1.93. The SMILES string of the molecule is NC1(CNC(=O)Cc2ccccc2)CCC1. The number of benzene rings is 1. The first-order valence-corrected chi connectivity index (χ1v) is 5.77. The molecular formula is C13H18N2O. The van der Waals surface area contributed by atoms with Gasteiger partial charge in [0.2, 0.25) is 5.91 Å². The van der Waals surface area contributed by atoms with Gasteiger partial charge in [0.15, 0.2) is 0 Å². The van der Waals surface area contributed by atoms with Crippen LogP contribution in [0, 0.1) is 0 Å². The Morgan fingerprint density at radius 2 is 2.00 bits per heavy atom. The molecule has 0 saturated heterocycles. The molecule has 1 aliphatic rings. The number of nitrogens with two attached hydrogens (primary N) is 1. The van der Waals surface area contributed by atoms with Gasteiger partial charge in [-0.25, -0.2) is 0 Å². The standard InChI is InChI=1S/C13H18N2O/c14-13(7-4-8-13)10-15-12(16)9-11-5-2-1-3-6-11/h1-3,5-6H,4,7-10,14H2,(H,15,16). The maximum absolute atomic E-state index is 11.6. The third-order valence-electron chi connectivity index (χ3n) is 3.19. The van der Waals surface area contributed by atoms with Crippen molar-refractivity contribution in [3.8, 4) is 0 Å². The molecule has 0 aromatic heterocycles. The van der Waals surface area contributed by atoms with Gasteiger partial charge in [-0.1, -0.05) is 30.3 Å². The quantitative estimate of drug-likeness (QED) is 0.798. The number of rotatable bonds is 4. The van der Waals surface area contributed by atoms with Crippen molar-refractivity contribution in [1.29, 1.82) is 0 Å². The maximum Gasteiger partial charge on any atom is 0.224 e. The summed E-state index contributed by atoms with van der Waals surface area (Å²) in [5.74, 6) is 0.0583. The van der Waals surface area contributed by atoms with Crippen molar-refractivity contribution in [3.05, 3.63) is 35.9 Å². The summed E-state index contributed by atoms with van der Waals surface area (Å²) in [5, 5.41) is 2.91. The summed E-state index contributed by atoms with van der Waals surface area (Å²) in [7, 11) is 0. The predicted molar refractivity (Wildman–Crippen MR) is 63.9 cm³/mol. The van der Waals surface area contributed by atoms with Gasteiger partial charge in [-0.15, -0.1) is 0 Å². The van der Waals surface area contributed by atoms with Gasteiger partial charge in [-0.05, 0) is 24.8 Å². The zero-order valence-corrected chi connectivity index (χ0v) is 9.41. The molecule has 0 heterocycles. The molecule has 16 heavy (non-hydrogen) atoms. The van der Waals surface area contributed by atoms with E-state index in [1.54, 1.807) is 0 Å². The first-order chi connectivity index (χ1) is 7.68. The van der Waals surface area contributed by atoms with E-state index in [1.165, 1.54) is 6.42 Å². The highest BCUT2D eigenvalue weighted by Gasteiger charge is 2.32. The lowest BCUT2D eigenvalue weighted by atomic mass is 9.78. The Morgan fingerprint density at radius 1 is 1.31 bits per heavy atom. The Labute approximate surface area is 96.0 Å². The number of amides is 1. The van der Waals surface area contributed by atoms with Gasteiger partial charge < -0.3 is 11.1 Å². The second-order valence-electron chi connectivity index (χ2n) is 4.66. The minimum atomic E-state index is -0.133. The van der Waals surface area contributed by atoms with Crippen molar-refractivity contribution >= 4 is 5.91 Å². The molecule has 0 bridgehead atoms. The van der Waals surface area contributed by atoms with Crippen LogP contribution in [0.2, 0.25) is 0 Å². The third kappa shape index (κ3) is 2.83. The molecule has 0 atom stereocenters. The van der Waals surface area contributed by atoms with Crippen LogP contribution in [0.25, 0.3) is 0 Å². The van der Waals surface area contributed by atoms with E-state index in [9.17, 15) is 4.79 Å². The van der Waals surface area contributed by atoms with Gasteiger partial charge in [-0.3, -0.25) is 4.79 Å². The van der Waals surface area contributed by atoms with E-state index >= 15 is 0 Å². The lowest BCUT2D eigenvalue weighted by molar-refractivity contribution is -0.120. The Balaban J connectivity index is 1.76. The molecule has 3 N–H and O–H groups in total. The van der Waals surface area contributed by atoms with E-state index in [0.29, 0.717) is 13.0 Å². The second-order valence-corrected chi connectivity index (χ2v) is 4.66. The van der Waals surface area contributed by atoms with E-state index in [4.69, 9.17) is 5.73 Å². The first kappa shape index (κ1) is 11.1. The van der Waals surface area contributed by atoms with Gasteiger partial charge in [0.25, 0.3) is 0 Å². The average molecular weight is 218 g/mol. The van der Waals surface area contributed by atoms with Crippen LogP contribution in [0.5, 0.6) is 0 Å². The molecular weight excluding hydrogens is 200 g/mol. The molecule has 3 heteroatoms. The zero-order chi connectivity index (χ0) is 11.4. The van der Waals surface area contributed by atoms with Crippen LogP contribution in [0.3, 0.4) is 0 Å². The summed E-state index contributed by atoms with van der Waals surface area (Å²) < 4.78 is 0. The maximum atomic E-state index is 11.6. The Kier molecular flexibility index (Phi) is 3.25. The topological polar surface area (TPSA) is 55.1 Å². The lowest BCUT2D eigenvalue weighted by Gasteiger charge is -2.38. The second kappa shape index (κ2) is 4.66. The minimum absolute atomic E-state index is 0.0583. The van der Waals surface area contributed by atoms with Crippen LogP contribution in [0.4, 0.5) is 0 Å². The third-order valence-corrected chi connectivity index (χ3v) is 3.19. The molecule has 1 aromatic carbocycles. The first-order valence-electron chi connectivity index (χ1n) is 5.77. The summed E-state index contributed by atoms with van der Waals surface area (Å²) in [6.07, 6.45) is 3.68. The molecule has 0 radical (unpaired) electrons. The number of hydrogen-bond donors (Lipinski definition) is 2. The van der Waals surface area contributed by atoms with Crippen LogP contribution in [-0.2, 0) is 11.2 Å². The van der Waals surface area contributed by atoms with E-state index in [1.807, 2.05) is 30.3 Å². The highest BCUT2D eigenvalue weighted by molar-refractivity contribution is 5.78. The van der Waals surface area contributed by atoms with E-state index in [2.05, 4.69) is 5.32 Å². The van der Waals surface area contributed by atoms with Gasteiger partial charge >= 0.3 is 0 Å². The predicted octanol–water partition coefficient (Wildman–Crippen LogP) is 1.23. The van der Waals surface area contributed by atoms with E-state index < -0.39 is 0 Å². The lowest BCUT2D eigenvalue weighted by Crippen LogP contribution is -2.55. The summed E-state index contributed by atoms with van der Waals surface area (Å²) in [6.45, 7) is 0.610. The number of carbonyl (C=O) groups excluding carboxylic acids is 1. The molecule has 86 valence electrons. The van der Waals surface area contributed by atoms with Crippen molar-refractivity contribution < 1.29 is 4.79 Å². The zero-order valence-electron chi connectivity index (χ0n) is 9.41. The summed E-state index contributed by atoms with van der Waals surface area (Å²) in [6, 6.07) is 9.75. The minimum Gasteiger partial charge on any atom is -0.354 e. The molecule has 1 saturated carbocycles. The fraction of sp³-hybridized carbons (Fsp3) is 0.462. The highest BCUT2D eigenvalue weighted by atomic mass is 16.1. The van der Waals surface area contributed by atoms with Crippen molar-refractivity contribution in [3.63, 3.8) is 0 Å². The number of carbonyl (C=O) groups is 1. The Hall–Kier alpha value is -1.35.